The van der Waals surface area contributed by atoms with E-state index < -0.39 is 11.9 Å². The number of halogens is 2. The first-order valence-electron chi connectivity index (χ1n) is 7.49. The molecule has 6 nitrogen and oxygen atoms in total. The molecule has 2 aromatic carbocycles. The van der Waals surface area contributed by atoms with E-state index >= 15 is 0 Å². The quantitative estimate of drug-likeness (QED) is 0.574. The Morgan fingerprint density at radius 3 is 2.58 bits per heavy atom. The third-order valence-corrected chi connectivity index (χ3v) is 4.41. The SMILES string of the molecule is COc1cc(Br)cc(/C=C2/NC(=O)N(c3cccc(Cl)c3)C2=O)c1OC. The van der Waals surface area contributed by atoms with Gasteiger partial charge >= 0.3 is 6.03 Å². The number of carbonyl (C=O) groups is 2. The van der Waals surface area contributed by atoms with Crippen molar-refractivity contribution in [1.82, 2.24) is 5.32 Å². The number of urea groups is 1. The summed E-state index contributed by atoms with van der Waals surface area (Å²) in [6, 6.07) is 9.47. The Labute approximate surface area is 163 Å². The molecule has 2 aromatic rings. The second kappa shape index (κ2) is 7.39. The number of ether oxygens (including phenoxy) is 2. The van der Waals surface area contributed by atoms with E-state index in [0.717, 1.165) is 9.37 Å². The van der Waals surface area contributed by atoms with Crippen LogP contribution in [0.1, 0.15) is 5.56 Å². The fourth-order valence-electron chi connectivity index (χ4n) is 2.61. The number of amides is 3. The fourth-order valence-corrected chi connectivity index (χ4v) is 3.25. The highest BCUT2D eigenvalue weighted by molar-refractivity contribution is 9.10. The molecule has 134 valence electrons. The van der Waals surface area contributed by atoms with E-state index in [2.05, 4.69) is 21.2 Å². The summed E-state index contributed by atoms with van der Waals surface area (Å²) in [5.41, 5.74) is 1.09. The standard InChI is InChI=1S/C18H14BrClN2O4/c1-25-15-8-11(19)6-10(16(15)26-2)7-14-17(23)22(18(24)21-14)13-5-3-4-12(20)9-13/h3-9H,1-2H3,(H,21,24)/b14-7+. The highest BCUT2D eigenvalue weighted by Gasteiger charge is 2.35. The molecule has 0 unspecified atom stereocenters. The van der Waals surface area contributed by atoms with Crippen LogP contribution in [0.25, 0.3) is 6.08 Å². The van der Waals surface area contributed by atoms with Crippen LogP contribution in [0, 0.1) is 0 Å². The average molecular weight is 438 g/mol. The minimum Gasteiger partial charge on any atom is -0.493 e. The van der Waals surface area contributed by atoms with Crippen molar-refractivity contribution in [2.75, 3.05) is 19.1 Å². The van der Waals surface area contributed by atoms with Crippen molar-refractivity contribution >= 4 is 51.2 Å². The van der Waals surface area contributed by atoms with Gasteiger partial charge in [0.15, 0.2) is 11.5 Å². The molecule has 1 saturated heterocycles. The number of hydrogen-bond donors (Lipinski definition) is 1. The van der Waals surface area contributed by atoms with E-state index in [4.69, 9.17) is 21.1 Å². The van der Waals surface area contributed by atoms with Crippen LogP contribution < -0.4 is 19.7 Å². The predicted octanol–water partition coefficient (Wildman–Crippen LogP) is 4.22. The van der Waals surface area contributed by atoms with E-state index in [1.807, 2.05) is 0 Å². The van der Waals surface area contributed by atoms with Crippen molar-refractivity contribution in [3.8, 4) is 11.5 Å². The van der Waals surface area contributed by atoms with Crippen LogP contribution >= 0.6 is 27.5 Å². The Balaban J connectivity index is 2.02. The van der Waals surface area contributed by atoms with E-state index in [1.165, 1.54) is 20.3 Å². The van der Waals surface area contributed by atoms with E-state index in [-0.39, 0.29) is 5.70 Å². The van der Waals surface area contributed by atoms with Gasteiger partial charge in [-0.1, -0.05) is 33.6 Å². The van der Waals surface area contributed by atoms with Gasteiger partial charge in [0.1, 0.15) is 5.70 Å². The van der Waals surface area contributed by atoms with Crippen LogP contribution in [0.5, 0.6) is 11.5 Å². The summed E-state index contributed by atoms with van der Waals surface area (Å²) in [7, 11) is 3.02. The molecule has 0 aliphatic carbocycles. The number of nitrogens with zero attached hydrogens (tertiary/aromatic N) is 1. The molecule has 0 atom stereocenters. The Morgan fingerprint density at radius 2 is 1.92 bits per heavy atom. The van der Waals surface area contributed by atoms with Gasteiger partial charge < -0.3 is 14.8 Å². The minimum absolute atomic E-state index is 0.119. The molecule has 0 spiro atoms. The normalized spacial score (nSPS) is 15.4. The predicted molar refractivity (Wildman–Crippen MR) is 103 cm³/mol. The van der Waals surface area contributed by atoms with Crippen molar-refractivity contribution < 1.29 is 19.1 Å². The summed E-state index contributed by atoms with van der Waals surface area (Å²) in [4.78, 5) is 26.0. The lowest BCUT2D eigenvalue weighted by atomic mass is 10.1. The fraction of sp³-hybridized carbons (Fsp3) is 0.111. The molecule has 1 fully saturated rings. The molecule has 3 amide bonds. The molecule has 0 radical (unpaired) electrons. The summed E-state index contributed by atoms with van der Waals surface area (Å²) in [5.74, 6) is 0.460. The number of imide groups is 1. The van der Waals surface area contributed by atoms with Gasteiger partial charge in [0.25, 0.3) is 5.91 Å². The number of rotatable bonds is 4. The first-order valence-corrected chi connectivity index (χ1v) is 8.66. The molecule has 3 rings (SSSR count). The lowest BCUT2D eigenvalue weighted by Gasteiger charge is -2.12. The third kappa shape index (κ3) is 3.40. The smallest absolute Gasteiger partial charge is 0.333 e. The van der Waals surface area contributed by atoms with Crippen molar-refractivity contribution in [3.05, 3.63) is 57.2 Å². The molecule has 1 N–H and O–H groups in total. The zero-order valence-electron chi connectivity index (χ0n) is 13.9. The van der Waals surface area contributed by atoms with Crippen LogP contribution in [0.15, 0.2) is 46.6 Å². The molecule has 26 heavy (non-hydrogen) atoms. The maximum absolute atomic E-state index is 12.7. The summed E-state index contributed by atoms with van der Waals surface area (Å²) in [6.45, 7) is 0. The molecule has 0 bridgehead atoms. The molecule has 1 aliphatic rings. The van der Waals surface area contributed by atoms with Gasteiger partial charge in [0.2, 0.25) is 0 Å². The number of methoxy groups -OCH3 is 2. The van der Waals surface area contributed by atoms with E-state index in [0.29, 0.717) is 27.8 Å². The number of benzene rings is 2. The van der Waals surface area contributed by atoms with Crippen LogP contribution in [0.4, 0.5) is 10.5 Å². The number of hydrogen-bond acceptors (Lipinski definition) is 4. The van der Waals surface area contributed by atoms with E-state index in [9.17, 15) is 9.59 Å². The number of carbonyl (C=O) groups excluding carboxylic acids is 2. The Bertz CT molecular complexity index is 929. The molecular formula is C18H14BrClN2O4. The molecular weight excluding hydrogens is 424 g/mol. The van der Waals surface area contributed by atoms with E-state index in [1.54, 1.807) is 36.4 Å². The van der Waals surface area contributed by atoms with Gasteiger partial charge in [-0.3, -0.25) is 4.79 Å². The Hall–Kier alpha value is -2.51. The van der Waals surface area contributed by atoms with Crippen molar-refractivity contribution in [1.29, 1.82) is 0 Å². The lowest BCUT2D eigenvalue weighted by molar-refractivity contribution is -0.113. The number of anilines is 1. The van der Waals surface area contributed by atoms with Crippen LogP contribution in [0.3, 0.4) is 0 Å². The molecule has 0 aromatic heterocycles. The Kier molecular flexibility index (Phi) is 5.20. The number of nitrogens with one attached hydrogen (secondary N) is 1. The van der Waals surface area contributed by atoms with Crippen molar-refractivity contribution in [2.24, 2.45) is 0 Å². The average Bonchev–Trinajstić information content (AvgIpc) is 2.88. The van der Waals surface area contributed by atoms with Gasteiger partial charge in [-0.15, -0.1) is 0 Å². The summed E-state index contributed by atoms with van der Waals surface area (Å²) in [6.07, 6.45) is 1.54. The highest BCUT2D eigenvalue weighted by Crippen LogP contribution is 2.36. The first-order chi connectivity index (χ1) is 12.4. The summed E-state index contributed by atoms with van der Waals surface area (Å²) in [5, 5.41) is 3.00. The minimum atomic E-state index is -0.551. The molecule has 1 aliphatic heterocycles. The monoisotopic (exact) mass is 436 g/mol. The maximum Gasteiger partial charge on any atom is 0.333 e. The van der Waals surface area contributed by atoms with Crippen LogP contribution in [0.2, 0.25) is 5.02 Å². The summed E-state index contributed by atoms with van der Waals surface area (Å²) >= 11 is 9.34. The molecule has 0 saturated carbocycles. The lowest BCUT2D eigenvalue weighted by Crippen LogP contribution is -2.30. The van der Waals surface area contributed by atoms with Crippen LogP contribution in [-0.2, 0) is 4.79 Å². The van der Waals surface area contributed by atoms with Crippen LogP contribution in [-0.4, -0.2) is 26.2 Å². The second-order valence-corrected chi connectivity index (χ2v) is 6.69. The topological polar surface area (TPSA) is 67.9 Å². The van der Waals surface area contributed by atoms with Crippen molar-refractivity contribution in [2.45, 2.75) is 0 Å². The summed E-state index contributed by atoms with van der Waals surface area (Å²) < 4.78 is 11.4. The zero-order valence-corrected chi connectivity index (χ0v) is 16.2. The zero-order chi connectivity index (χ0) is 18.8. The molecule has 1 heterocycles. The van der Waals surface area contributed by atoms with Gasteiger partial charge in [-0.25, -0.2) is 9.69 Å². The van der Waals surface area contributed by atoms with Gasteiger partial charge in [0.05, 0.1) is 19.9 Å². The first kappa shape index (κ1) is 18.3. The highest BCUT2D eigenvalue weighted by atomic mass is 79.9. The Morgan fingerprint density at radius 1 is 1.15 bits per heavy atom. The van der Waals surface area contributed by atoms with Gasteiger partial charge in [-0.2, -0.15) is 0 Å². The van der Waals surface area contributed by atoms with Gasteiger partial charge in [0, 0.05) is 15.1 Å². The third-order valence-electron chi connectivity index (χ3n) is 3.72. The van der Waals surface area contributed by atoms with Gasteiger partial charge in [-0.05, 0) is 36.4 Å². The largest absolute Gasteiger partial charge is 0.493 e. The maximum atomic E-state index is 12.7. The second-order valence-electron chi connectivity index (χ2n) is 5.34. The molecule has 8 heteroatoms. The van der Waals surface area contributed by atoms with Crippen molar-refractivity contribution in [3.63, 3.8) is 0 Å².